The number of esters is 1. The van der Waals surface area contributed by atoms with Crippen molar-refractivity contribution in [2.75, 3.05) is 32.2 Å². The molecule has 0 aromatic heterocycles. The van der Waals surface area contributed by atoms with Crippen LogP contribution in [0.2, 0.25) is 0 Å². The van der Waals surface area contributed by atoms with Crippen LogP contribution in [0.5, 0.6) is 0 Å². The summed E-state index contributed by atoms with van der Waals surface area (Å²) in [6, 6.07) is 3.12. The number of urea groups is 1. The van der Waals surface area contributed by atoms with E-state index in [9.17, 15) is 22.8 Å². The maximum absolute atomic E-state index is 12.7. The van der Waals surface area contributed by atoms with Gasteiger partial charge in [-0.3, -0.25) is 0 Å². The zero-order chi connectivity index (χ0) is 20.3. The third-order valence-electron chi connectivity index (χ3n) is 4.42. The van der Waals surface area contributed by atoms with Gasteiger partial charge in [0.1, 0.15) is 24.9 Å². The molecule has 0 spiro atoms. The molecule has 8 nitrogen and oxygen atoms in total. The van der Waals surface area contributed by atoms with E-state index >= 15 is 0 Å². The van der Waals surface area contributed by atoms with Crippen LogP contribution in [0.15, 0.2) is 24.3 Å². The Morgan fingerprint density at radius 3 is 2.68 bits per heavy atom. The fourth-order valence-electron chi connectivity index (χ4n) is 3.07. The summed E-state index contributed by atoms with van der Waals surface area (Å²) in [6.07, 6.45) is -5.95. The molecule has 0 aliphatic carbocycles. The van der Waals surface area contributed by atoms with Gasteiger partial charge in [-0.05, 0) is 18.2 Å². The first-order valence-corrected chi connectivity index (χ1v) is 8.44. The summed E-state index contributed by atoms with van der Waals surface area (Å²) in [6.45, 7) is 0.0778. The molecule has 2 aliphatic rings. The second-order valence-corrected chi connectivity index (χ2v) is 6.31. The lowest BCUT2D eigenvalue weighted by atomic mass is 10.1. The molecular formula is C17H19F3N2O6. The van der Waals surface area contributed by atoms with Crippen LogP contribution in [0.3, 0.4) is 0 Å². The Balaban J connectivity index is 1.53. The van der Waals surface area contributed by atoms with Crippen molar-refractivity contribution in [3.05, 3.63) is 29.8 Å². The first kappa shape index (κ1) is 20.4. The summed E-state index contributed by atoms with van der Waals surface area (Å²) in [7, 11) is 1.24. The van der Waals surface area contributed by atoms with Gasteiger partial charge in [-0.15, -0.1) is 0 Å². The predicted molar refractivity (Wildman–Crippen MR) is 88.6 cm³/mol. The number of amides is 2. The molecule has 2 aliphatic heterocycles. The fourth-order valence-corrected chi connectivity index (χ4v) is 3.07. The molecular weight excluding hydrogens is 385 g/mol. The van der Waals surface area contributed by atoms with Gasteiger partial charge in [0.25, 0.3) is 0 Å². The van der Waals surface area contributed by atoms with Crippen molar-refractivity contribution in [3.63, 3.8) is 0 Å². The van der Waals surface area contributed by atoms with Crippen LogP contribution >= 0.6 is 0 Å². The number of fused-ring (bicyclic) bond motifs is 1. The molecule has 0 bridgehead atoms. The number of hydrogen-bond acceptors (Lipinski definition) is 6. The Morgan fingerprint density at radius 2 is 1.96 bits per heavy atom. The molecule has 28 heavy (non-hydrogen) atoms. The molecule has 2 saturated heterocycles. The van der Waals surface area contributed by atoms with Crippen molar-refractivity contribution in [3.8, 4) is 0 Å². The van der Waals surface area contributed by atoms with Gasteiger partial charge in [0.05, 0.1) is 31.9 Å². The predicted octanol–water partition coefficient (Wildman–Crippen LogP) is 1.55. The largest absolute Gasteiger partial charge is 0.467 e. The normalized spacial score (nSPS) is 26.6. The topological polar surface area (TPSA) is 95.1 Å². The minimum atomic E-state index is -4.50. The van der Waals surface area contributed by atoms with Crippen LogP contribution in [0.4, 0.5) is 23.7 Å². The van der Waals surface area contributed by atoms with Crippen LogP contribution in [-0.4, -0.2) is 63.3 Å². The highest BCUT2D eigenvalue weighted by Crippen LogP contribution is 2.31. The van der Waals surface area contributed by atoms with Gasteiger partial charge in [-0.25, -0.2) is 9.59 Å². The average molecular weight is 404 g/mol. The zero-order valence-corrected chi connectivity index (χ0v) is 14.8. The molecule has 1 aromatic rings. The summed E-state index contributed by atoms with van der Waals surface area (Å²) in [5.74, 6) is -0.531. The van der Waals surface area contributed by atoms with E-state index in [1.165, 1.54) is 19.2 Å². The van der Waals surface area contributed by atoms with Crippen LogP contribution < -0.4 is 10.6 Å². The van der Waals surface area contributed by atoms with E-state index in [4.69, 9.17) is 14.2 Å². The minimum Gasteiger partial charge on any atom is -0.467 e. The van der Waals surface area contributed by atoms with E-state index in [0.29, 0.717) is 0 Å². The average Bonchev–Trinajstić information content (AvgIpc) is 3.22. The maximum Gasteiger partial charge on any atom is 0.416 e. The fraction of sp³-hybridized carbons (Fsp3) is 0.529. The second-order valence-electron chi connectivity index (χ2n) is 6.31. The van der Waals surface area contributed by atoms with Crippen LogP contribution in [0.1, 0.15) is 5.56 Å². The number of rotatable bonds is 5. The Labute approximate surface area is 158 Å². The molecule has 0 saturated carbocycles. The van der Waals surface area contributed by atoms with E-state index in [1.54, 1.807) is 0 Å². The lowest BCUT2D eigenvalue weighted by molar-refractivity contribution is -0.150. The van der Waals surface area contributed by atoms with Crippen LogP contribution in [0, 0.1) is 0 Å². The number of anilines is 1. The van der Waals surface area contributed by atoms with Crippen molar-refractivity contribution < 1.29 is 41.7 Å². The Kier molecular flexibility index (Phi) is 6.06. The number of benzene rings is 1. The van der Waals surface area contributed by atoms with E-state index in [0.717, 1.165) is 12.1 Å². The third kappa shape index (κ3) is 4.72. The Bertz CT molecular complexity index is 729. The van der Waals surface area contributed by atoms with Crippen molar-refractivity contribution in [1.29, 1.82) is 0 Å². The molecule has 11 heteroatoms. The number of carbonyl (C=O) groups is 2. The van der Waals surface area contributed by atoms with E-state index < -0.39 is 48.1 Å². The molecule has 2 fully saturated rings. The minimum absolute atomic E-state index is 0.00872. The highest BCUT2D eigenvalue weighted by molar-refractivity contribution is 5.89. The van der Waals surface area contributed by atoms with Gasteiger partial charge in [-0.2, -0.15) is 13.2 Å². The van der Waals surface area contributed by atoms with Crippen molar-refractivity contribution in [2.45, 2.75) is 30.5 Å². The zero-order valence-electron chi connectivity index (χ0n) is 14.8. The SMILES string of the molecule is COC(=O)CO[C@H]1CO[C@@H]2[C@@H]1OC[C@@H]2NC(=O)Nc1cccc(C(F)(F)F)c1. The number of halogens is 3. The third-order valence-corrected chi connectivity index (χ3v) is 4.42. The van der Waals surface area contributed by atoms with Gasteiger partial charge in [0.15, 0.2) is 0 Å². The lowest BCUT2D eigenvalue weighted by Crippen LogP contribution is -2.46. The smallest absolute Gasteiger partial charge is 0.416 e. The molecule has 0 unspecified atom stereocenters. The molecule has 1 aromatic carbocycles. The highest BCUT2D eigenvalue weighted by Gasteiger charge is 2.49. The molecule has 154 valence electrons. The number of carbonyl (C=O) groups excluding carboxylic acids is 2. The van der Waals surface area contributed by atoms with E-state index in [-0.39, 0.29) is 25.5 Å². The first-order chi connectivity index (χ1) is 13.3. The maximum atomic E-state index is 12.7. The van der Waals surface area contributed by atoms with Crippen molar-refractivity contribution in [1.82, 2.24) is 5.32 Å². The van der Waals surface area contributed by atoms with Crippen LogP contribution in [0.25, 0.3) is 0 Å². The second kappa shape index (κ2) is 8.33. The first-order valence-electron chi connectivity index (χ1n) is 8.44. The Morgan fingerprint density at radius 1 is 1.21 bits per heavy atom. The summed E-state index contributed by atoms with van der Waals surface area (Å²) in [4.78, 5) is 23.3. The number of alkyl halides is 3. The lowest BCUT2D eigenvalue weighted by Gasteiger charge is -2.18. The number of hydrogen-bond donors (Lipinski definition) is 2. The van der Waals surface area contributed by atoms with Crippen molar-refractivity contribution >= 4 is 17.7 Å². The highest BCUT2D eigenvalue weighted by atomic mass is 19.4. The quantitative estimate of drug-likeness (QED) is 0.724. The molecule has 3 rings (SSSR count). The van der Waals surface area contributed by atoms with Gasteiger partial charge in [0.2, 0.25) is 0 Å². The van der Waals surface area contributed by atoms with Gasteiger partial charge in [-0.1, -0.05) is 6.07 Å². The van der Waals surface area contributed by atoms with Gasteiger partial charge in [0, 0.05) is 5.69 Å². The number of ether oxygens (including phenoxy) is 4. The van der Waals surface area contributed by atoms with Gasteiger partial charge < -0.3 is 29.6 Å². The molecule has 2 amide bonds. The molecule has 0 radical (unpaired) electrons. The molecule has 4 atom stereocenters. The van der Waals surface area contributed by atoms with Crippen molar-refractivity contribution in [2.24, 2.45) is 0 Å². The summed E-state index contributed by atoms with van der Waals surface area (Å²) < 4.78 is 59.3. The molecule has 2 heterocycles. The van der Waals surface area contributed by atoms with E-state index in [1.807, 2.05) is 0 Å². The Hall–Kier alpha value is -2.37. The molecule has 2 N–H and O–H groups in total. The number of nitrogens with one attached hydrogen (secondary N) is 2. The summed E-state index contributed by atoms with van der Waals surface area (Å²) in [5, 5.41) is 4.99. The van der Waals surface area contributed by atoms with Crippen LogP contribution in [-0.2, 0) is 29.9 Å². The number of methoxy groups -OCH3 is 1. The summed E-state index contributed by atoms with van der Waals surface area (Å²) >= 11 is 0. The monoisotopic (exact) mass is 404 g/mol. The summed E-state index contributed by atoms with van der Waals surface area (Å²) in [5.41, 5.74) is -0.853. The standard InChI is InChI=1S/C17H19F3N2O6/c1-25-13(23)8-26-12-7-28-14-11(6-27-15(12)14)22-16(24)21-10-4-2-3-9(5-10)17(18,19)20/h2-5,11-12,14-15H,6-8H2,1H3,(H2,21,22,24)/t11-,12-,14-,15+/m0/s1. The van der Waals surface area contributed by atoms with E-state index in [2.05, 4.69) is 15.4 Å². The van der Waals surface area contributed by atoms with Gasteiger partial charge >= 0.3 is 18.2 Å².